The molecule has 2 heterocycles. The van der Waals surface area contributed by atoms with Crippen molar-refractivity contribution in [1.29, 1.82) is 0 Å². The molecule has 1 saturated carbocycles. The molecule has 5 heteroatoms. The first-order valence-electron chi connectivity index (χ1n) is 7.86. The lowest BCUT2D eigenvalue weighted by Gasteiger charge is -2.29. The highest BCUT2D eigenvalue weighted by Gasteiger charge is 2.26. The summed E-state index contributed by atoms with van der Waals surface area (Å²) >= 11 is 0. The summed E-state index contributed by atoms with van der Waals surface area (Å²) in [5.74, 6) is 1.55. The van der Waals surface area contributed by atoms with Crippen LogP contribution in [0.5, 0.6) is 0 Å². The van der Waals surface area contributed by atoms with E-state index in [0.717, 1.165) is 29.3 Å². The predicted octanol–water partition coefficient (Wildman–Crippen LogP) is 3.28. The van der Waals surface area contributed by atoms with Crippen molar-refractivity contribution in [2.45, 2.75) is 65.5 Å². The Morgan fingerprint density at radius 2 is 1.90 bits per heavy atom. The highest BCUT2D eigenvalue weighted by atomic mass is 15.4. The topological polar surface area (TPSA) is 61.7 Å². The number of nitrogens with zero attached hydrogens (tertiary/aromatic N) is 4. The summed E-state index contributed by atoms with van der Waals surface area (Å²) in [7, 11) is 0. The van der Waals surface area contributed by atoms with Gasteiger partial charge in [0.05, 0.1) is 5.69 Å². The minimum Gasteiger partial charge on any atom is -0.369 e. The molecule has 0 radical (unpaired) electrons. The van der Waals surface area contributed by atoms with Crippen LogP contribution in [0.4, 0.5) is 5.95 Å². The molecule has 0 bridgehead atoms. The van der Waals surface area contributed by atoms with Crippen LogP contribution < -0.4 is 5.73 Å². The maximum absolute atomic E-state index is 6.20. The Balaban J connectivity index is 2.01. The van der Waals surface area contributed by atoms with Crippen LogP contribution >= 0.6 is 0 Å². The molecule has 3 rings (SSSR count). The van der Waals surface area contributed by atoms with Gasteiger partial charge < -0.3 is 5.73 Å². The number of aryl methyl sites for hydroxylation is 2. The van der Waals surface area contributed by atoms with Crippen LogP contribution in [-0.2, 0) is 6.54 Å². The van der Waals surface area contributed by atoms with Gasteiger partial charge in [-0.1, -0.05) is 13.3 Å². The van der Waals surface area contributed by atoms with Gasteiger partial charge >= 0.3 is 0 Å². The van der Waals surface area contributed by atoms with E-state index in [9.17, 15) is 0 Å². The molecule has 0 aromatic carbocycles. The average molecular weight is 275 g/mol. The molecule has 1 aliphatic rings. The molecule has 0 atom stereocenters. The lowest BCUT2D eigenvalue weighted by molar-refractivity contribution is 0.273. The number of hydrogen-bond acceptors (Lipinski definition) is 3. The Morgan fingerprint density at radius 3 is 2.50 bits per heavy atom. The van der Waals surface area contributed by atoms with Crippen molar-refractivity contribution in [3.63, 3.8) is 0 Å². The summed E-state index contributed by atoms with van der Waals surface area (Å²) in [6, 6.07) is 0.490. The van der Waals surface area contributed by atoms with Crippen LogP contribution in [0.3, 0.4) is 0 Å². The van der Waals surface area contributed by atoms with Gasteiger partial charge in [0, 0.05) is 12.6 Å². The lowest BCUT2D eigenvalue weighted by Crippen LogP contribution is -2.20. The highest BCUT2D eigenvalue weighted by molar-refractivity contribution is 5.77. The Hall–Kier alpha value is -1.52. The third-order valence-electron chi connectivity index (χ3n) is 4.83. The zero-order chi connectivity index (χ0) is 14.3. The molecule has 110 valence electrons. The normalized spacial score (nSPS) is 23.6. The maximum atomic E-state index is 6.20. The number of fused-ring (bicyclic) bond motifs is 1. The van der Waals surface area contributed by atoms with E-state index < -0.39 is 0 Å². The Labute approximate surface area is 120 Å². The molecule has 0 amide bonds. The fourth-order valence-corrected chi connectivity index (χ4v) is 3.60. The van der Waals surface area contributed by atoms with E-state index in [4.69, 9.17) is 5.73 Å². The van der Waals surface area contributed by atoms with E-state index in [1.165, 1.54) is 32.1 Å². The van der Waals surface area contributed by atoms with Crippen LogP contribution in [0.1, 0.15) is 57.7 Å². The van der Waals surface area contributed by atoms with Gasteiger partial charge in [-0.2, -0.15) is 5.10 Å². The number of rotatable bonds is 3. The van der Waals surface area contributed by atoms with Crippen LogP contribution in [0.25, 0.3) is 11.2 Å². The van der Waals surface area contributed by atoms with Crippen molar-refractivity contribution in [3.05, 3.63) is 5.69 Å². The molecule has 0 unspecified atom stereocenters. The maximum Gasteiger partial charge on any atom is 0.202 e. The Morgan fingerprint density at radius 1 is 1.20 bits per heavy atom. The van der Waals surface area contributed by atoms with Crippen molar-refractivity contribution in [2.24, 2.45) is 5.92 Å². The zero-order valence-electron chi connectivity index (χ0n) is 12.8. The second-order valence-corrected chi connectivity index (χ2v) is 6.00. The Bertz CT molecular complexity index is 601. The molecule has 5 nitrogen and oxygen atoms in total. The standard InChI is InChI=1S/C15H25N5/c1-4-11-6-8-12(9-7-11)20-14-13(17-15(20)16)10(3)18-19(14)5-2/h11-12H,4-9H2,1-3H3,(H2,16,17). The number of nitrogen functional groups attached to an aromatic ring is 1. The number of nitrogens with two attached hydrogens (primary N) is 1. The highest BCUT2D eigenvalue weighted by Crippen LogP contribution is 2.37. The summed E-state index contributed by atoms with van der Waals surface area (Å²) in [6.45, 7) is 7.29. The van der Waals surface area contributed by atoms with Gasteiger partial charge in [-0.05, 0) is 45.4 Å². The van der Waals surface area contributed by atoms with E-state index >= 15 is 0 Å². The van der Waals surface area contributed by atoms with Gasteiger partial charge in [0.2, 0.25) is 5.95 Å². The number of imidazole rings is 1. The summed E-state index contributed by atoms with van der Waals surface area (Å²) in [4.78, 5) is 4.55. The molecule has 2 aromatic heterocycles. The van der Waals surface area contributed by atoms with Gasteiger partial charge in [-0.25, -0.2) is 9.67 Å². The van der Waals surface area contributed by atoms with E-state index in [1.807, 2.05) is 11.6 Å². The molecule has 0 aliphatic heterocycles. The minimum absolute atomic E-state index is 0.490. The first-order chi connectivity index (χ1) is 9.65. The van der Waals surface area contributed by atoms with Crippen LogP contribution in [0.2, 0.25) is 0 Å². The van der Waals surface area contributed by atoms with E-state index in [-0.39, 0.29) is 0 Å². The van der Waals surface area contributed by atoms with Gasteiger partial charge in [-0.3, -0.25) is 4.57 Å². The summed E-state index contributed by atoms with van der Waals surface area (Å²) in [5, 5.41) is 4.57. The quantitative estimate of drug-likeness (QED) is 0.935. The molecule has 2 aromatic rings. The van der Waals surface area contributed by atoms with Crippen LogP contribution in [-0.4, -0.2) is 19.3 Å². The fraction of sp³-hybridized carbons (Fsp3) is 0.733. The van der Waals surface area contributed by atoms with Crippen molar-refractivity contribution in [3.8, 4) is 0 Å². The van der Waals surface area contributed by atoms with Gasteiger partial charge in [0.1, 0.15) is 5.52 Å². The molecule has 20 heavy (non-hydrogen) atoms. The minimum atomic E-state index is 0.490. The molecule has 0 saturated heterocycles. The smallest absolute Gasteiger partial charge is 0.202 e. The first kappa shape index (κ1) is 13.5. The SMILES string of the molecule is CCC1CCC(n2c(N)nc3c(C)nn(CC)c32)CC1. The third kappa shape index (κ3) is 2.00. The second-order valence-electron chi connectivity index (χ2n) is 6.00. The van der Waals surface area contributed by atoms with E-state index in [2.05, 4.69) is 28.5 Å². The lowest BCUT2D eigenvalue weighted by atomic mass is 9.84. The van der Waals surface area contributed by atoms with Crippen molar-refractivity contribution in [1.82, 2.24) is 19.3 Å². The summed E-state index contributed by atoms with van der Waals surface area (Å²) in [5.41, 5.74) is 9.27. The second kappa shape index (κ2) is 5.11. The van der Waals surface area contributed by atoms with Crippen LogP contribution in [0.15, 0.2) is 0 Å². The van der Waals surface area contributed by atoms with Gasteiger partial charge in [-0.15, -0.1) is 0 Å². The fourth-order valence-electron chi connectivity index (χ4n) is 3.60. The van der Waals surface area contributed by atoms with E-state index in [1.54, 1.807) is 0 Å². The van der Waals surface area contributed by atoms with Crippen molar-refractivity contribution < 1.29 is 0 Å². The molecule has 0 spiro atoms. The number of anilines is 1. The third-order valence-corrected chi connectivity index (χ3v) is 4.83. The largest absolute Gasteiger partial charge is 0.369 e. The summed E-state index contributed by atoms with van der Waals surface area (Å²) < 4.78 is 4.28. The monoisotopic (exact) mass is 275 g/mol. The van der Waals surface area contributed by atoms with Gasteiger partial charge in [0.25, 0.3) is 0 Å². The molecular formula is C15H25N5. The first-order valence-corrected chi connectivity index (χ1v) is 7.86. The predicted molar refractivity (Wildman–Crippen MR) is 81.6 cm³/mol. The molecular weight excluding hydrogens is 250 g/mol. The number of hydrogen-bond donors (Lipinski definition) is 1. The Kier molecular flexibility index (Phi) is 3.44. The zero-order valence-corrected chi connectivity index (χ0v) is 12.8. The molecule has 1 fully saturated rings. The average Bonchev–Trinajstić information content (AvgIpc) is 2.96. The number of aromatic nitrogens is 4. The molecule has 2 N–H and O–H groups in total. The van der Waals surface area contributed by atoms with E-state index in [0.29, 0.717) is 12.0 Å². The van der Waals surface area contributed by atoms with Gasteiger partial charge in [0.15, 0.2) is 5.65 Å². The summed E-state index contributed by atoms with van der Waals surface area (Å²) in [6.07, 6.45) is 6.33. The van der Waals surface area contributed by atoms with Crippen molar-refractivity contribution in [2.75, 3.05) is 5.73 Å². The van der Waals surface area contributed by atoms with Crippen LogP contribution in [0, 0.1) is 12.8 Å². The van der Waals surface area contributed by atoms with Crippen molar-refractivity contribution >= 4 is 17.1 Å². The molecule has 1 aliphatic carbocycles.